The molecule has 2 heterocycles. The van der Waals surface area contributed by atoms with Crippen molar-refractivity contribution < 1.29 is 19.8 Å². The molecule has 0 spiro atoms. The third-order valence-corrected chi connectivity index (χ3v) is 6.79. The molecule has 36 heavy (non-hydrogen) atoms. The van der Waals surface area contributed by atoms with Gasteiger partial charge in [0, 0.05) is 16.2 Å². The van der Waals surface area contributed by atoms with E-state index in [9.17, 15) is 2.74 Å². The fraction of sp³-hybridized carbons (Fsp3) is 0. The smallest absolute Gasteiger partial charge is 0.178 e. The Hall–Kier alpha value is -4.82. The number of furan rings is 2. The molecule has 0 saturated carbocycles. The molecule has 2 heteroatoms. The molecule has 0 atom stereocenters. The Morgan fingerprint density at radius 3 is 1.89 bits per heavy atom. The van der Waals surface area contributed by atoms with Gasteiger partial charge in [0.25, 0.3) is 0 Å². The van der Waals surface area contributed by atoms with Crippen LogP contribution >= 0.6 is 0 Å². The number of para-hydroxylation sites is 1. The van der Waals surface area contributed by atoms with E-state index in [-0.39, 0.29) is 51.3 Å². The van der Waals surface area contributed by atoms with Crippen molar-refractivity contribution in [2.75, 3.05) is 0 Å². The molecule has 6 aromatic carbocycles. The third-order valence-electron chi connectivity index (χ3n) is 6.79. The average molecular weight is 469 g/mol. The van der Waals surface area contributed by atoms with Crippen LogP contribution in [0.2, 0.25) is 0 Å². The molecular formula is C34H20O2. The fourth-order valence-electron chi connectivity index (χ4n) is 5.29. The van der Waals surface area contributed by atoms with Gasteiger partial charge in [-0.15, -0.1) is 0 Å². The molecule has 0 aliphatic heterocycles. The minimum Gasteiger partial charge on any atom is -0.460 e. The van der Waals surface area contributed by atoms with E-state index < -0.39 is 24.2 Å². The van der Waals surface area contributed by atoms with Gasteiger partial charge in [-0.2, -0.15) is 0 Å². The maximum Gasteiger partial charge on any atom is 0.178 e. The lowest BCUT2D eigenvalue weighted by atomic mass is 9.85. The maximum absolute atomic E-state index is 9.18. The van der Waals surface area contributed by atoms with Gasteiger partial charge in [-0.1, -0.05) is 96.9 Å². The number of benzene rings is 6. The zero-order chi connectivity index (χ0) is 30.6. The zero-order valence-electron chi connectivity index (χ0n) is 26.7. The van der Waals surface area contributed by atoms with Crippen molar-refractivity contribution in [3.8, 4) is 22.3 Å². The average Bonchev–Trinajstić information content (AvgIpc) is 3.68. The van der Waals surface area contributed by atoms with E-state index in [1.807, 2.05) is 36.4 Å². The summed E-state index contributed by atoms with van der Waals surface area (Å²) < 4.78 is 83.2. The molecular weight excluding hydrogens is 440 g/mol. The van der Waals surface area contributed by atoms with Crippen molar-refractivity contribution in [3.63, 3.8) is 0 Å². The van der Waals surface area contributed by atoms with Crippen LogP contribution in [-0.4, -0.2) is 0 Å². The van der Waals surface area contributed by atoms with Crippen molar-refractivity contribution >= 4 is 54.5 Å². The second-order valence-electron chi connectivity index (χ2n) is 8.68. The first-order valence-electron chi connectivity index (χ1n) is 15.5. The zero-order valence-corrected chi connectivity index (χ0v) is 18.7. The summed E-state index contributed by atoms with van der Waals surface area (Å²) in [6.45, 7) is 0. The van der Waals surface area contributed by atoms with Crippen molar-refractivity contribution in [3.05, 3.63) is 121 Å². The van der Waals surface area contributed by atoms with Gasteiger partial charge in [0.2, 0.25) is 0 Å². The number of hydrogen-bond acceptors (Lipinski definition) is 2. The van der Waals surface area contributed by atoms with Crippen molar-refractivity contribution in [2.45, 2.75) is 0 Å². The summed E-state index contributed by atoms with van der Waals surface area (Å²) in [6, 6.07) is 17.0. The van der Waals surface area contributed by atoms with Crippen LogP contribution in [0, 0.1) is 0 Å². The lowest BCUT2D eigenvalue weighted by molar-refractivity contribution is 0.600. The van der Waals surface area contributed by atoms with Gasteiger partial charge in [0.15, 0.2) is 11.2 Å². The van der Waals surface area contributed by atoms with Gasteiger partial charge in [-0.3, -0.25) is 0 Å². The van der Waals surface area contributed by atoms with Crippen molar-refractivity contribution in [1.29, 1.82) is 0 Å². The van der Waals surface area contributed by atoms with Crippen LogP contribution in [0.5, 0.6) is 0 Å². The molecule has 0 unspecified atom stereocenters. The molecule has 2 nitrogen and oxygen atoms in total. The molecule has 0 aliphatic rings. The molecule has 0 aliphatic carbocycles. The molecule has 8 aromatic rings. The van der Waals surface area contributed by atoms with Crippen LogP contribution in [0.15, 0.2) is 130 Å². The van der Waals surface area contributed by atoms with E-state index >= 15 is 0 Å². The molecule has 0 amide bonds. The highest BCUT2D eigenvalue weighted by atomic mass is 16.4. The number of hydrogen-bond donors (Lipinski definition) is 0. The first kappa shape index (κ1) is 13.3. The van der Waals surface area contributed by atoms with Crippen LogP contribution in [0.1, 0.15) is 11.0 Å². The normalized spacial score (nSPS) is 15.0. The Kier molecular flexibility index (Phi) is 2.71. The molecule has 0 N–H and O–H groups in total. The Balaban J connectivity index is 1.74. The highest BCUT2D eigenvalue weighted by molar-refractivity contribution is 6.26. The summed E-state index contributed by atoms with van der Waals surface area (Å²) in [5.41, 5.74) is 3.21. The monoisotopic (exact) mass is 468 g/mol. The predicted octanol–water partition coefficient (Wildman–Crippen LogP) is 9.97. The van der Waals surface area contributed by atoms with Crippen LogP contribution in [-0.2, 0) is 0 Å². The van der Waals surface area contributed by atoms with Crippen LogP contribution in [0.3, 0.4) is 0 Å². The molecule has 2 aromatic heterocycles. The van der Waals surface area contributed by atoms with E-state index in [0.29, 0.717) is 44.2 Å². The second kappa shape index (κ2) is 7.34. The summed E-state index contributed by atoms with van der Waals surface area (Å²) in [7, 11) is 0. The molecule has 168 valence electrons. The first-order chi connectivity index (χ1) is 21.2. The lowest BCUT2D eigenvalue weighted by Gasteiger charge is -2.18. The summed E-state index contributed by atoms with van der Waals surface area (Å²) in [6.07, 6.45) is 1.51. The van der Waals surface area contributed by atoms with E-state index in [2.05, 4.69) is 0 Å². The third kappa shape index (κ3) is 2.61. The highest BCUT2D eigenvalue weighted by Gasteiger charge is 2.21. The maximum atomic E-state index is 9.18. The van der Waals surface area contributed by atoms with Crippen LogP contribution in [0.4, 0.5) is 0 Å². The van der Waals surface area contributed by atoms with E-state index in [4.69, 9.17) is 17.1 Å². The van der Waals surface area contributed by atoms with Crippen LogP contribution < -0.4 is 0 Å². The fourth-order valence-corrected chi connectivity index (χ4v) is 5.29. The minimum atomic E-state index is -0.443. The largest absolute Gasteiger partial charge is 0.460 e. The Labute approximate surface area is 218 Å². The minimum absolute atomic E-state index is 0.155. The van der Waals surface area contributed by atoms with E-state index in [1.54, 1.807) is 30.3 Å². The van der Waals surface area contributed by atoms with Gasteiger partial charge in [0.1, 0.15) is 5.58 Å². The molecule has 8 rings (SSSR count). The molecule has 0 bridgehead atoms. The molecule has 0 radical (unpaired) electrons. The summed E-state index contributed by atoms with van der Waals surface area (Å²) in [5, 5.41) is 2.73. The second-order valence-corrected chi connectivity index (χ2v) is 8.68. The van der Waals surface area contributed by atoms with Gasteiger partial charge < -0.3 is 8.83 Å². The topological polar surface area (TPSA) is 26.3 Å². The number of rotatable bonds is 2. The van der Waals surface area contributed by atoms with Crippen molar-refractivity contribution in [2.24, 2.45) is 0 Å². The first-order valence-corrected chi connectivity index (χ1v) is 11.5. The van der Waals surface area contributed by atoms with E-state index in [0.717, 1.165) is 5.39 Å². The standard InChI is InChI=1S/C34H20O2/c1-2-10-21(11-3-1)31-23-13-4-6-15-25(23)32(26-16-7-5-14-24(26)31)28-20-29-22-12-8-9-17-30(22)36-34(29)33-27(28)18-19-35-33/h1-20H/i4D,5D,6D,7D,13D,14D,15D,16D. The van der Waals surface area contributed by atoms with Gasteiger partial charge in [0.05, 0.1) is 17.2 Å². The lowest BCUT2D eigenvalue weighted by Crippen LogP contribution is -1.91. The van der Waals surface area contributed by atoms with Crippen molar-refractivity contribution in [1.82, 2.24) is 0 Å². The summed E-state index contributed by atoms with van der Waals surface area (Å²) >= 11 is 0. The SMILES string of the molecule is [2H]c1c([2H])c([2H])c2c(-c3cc4c5ccccc5oc4c4occc34)c3c([2H])c([2H])c([2H])c([2H])c3c(-c3ccccc3)c2c1[2H]. The summed E-state index contributed by atoms with van der Waals surface area (Å²) in [5.74, 6) is 0. The quantitative estimate of drug-likeness (QED) is 0.236. The Morgan fingerprint density at radius 1 is 0.528 bits per heavy atom. The van der Waals surface area contributed by atoms with Gasteiger partial charge >= 0.3 is 0 Å². The predicted molar refractivity (Wildman–Crippen MR) is 149 cm³/mol. The molecule has 0 saturated heterocycles. The Morgan fingerprint density at radius 2 is 1.17 bits per heavy atom. The van der Waals surface area contributed by atoms with E-state index in [1.165, 1.54) is 6.26 Å². The van der Waals surface area contributed by atoms with Crippen LogP contribution in [0.25, 0.3) is 76.7 Å². The van der Waals surface area contributed by atoms with Gasteiger partial charge in [-0.05, 0) is 62.0 Å². The van der Waals surface area contributed by atoms with Gasteiger partial charge in [-0.25, -0.2) is 0 Å². The molecule has 0 fully saturated rings. The summed E-state index contributed by atoms with van der Waals surface area (Å²) in [4.78, 5) is 0. The number of fused-ring (bicyclic) bond motifs is 7. The highest BCUT2D eigenvalue weighted by Crippen LogP contribution is 2.47. The Bertz CT molecular complexity index is 2450.